The van der Waals surface area contributed by atoms with Crippen LogP contribution in [0.3, 0.4) is 0 Å². The molecule has 4 heteroatoms. The molecule has 0 aliphatic carbocycles. The molecule has 2 rings (SSSR count). The second-order valence-corrected chi connectivity index (χ2v) is 5.35. The molecule has 0 bridgehead atoms. The standard InChI is InChI=1S/C13H8BrNOS/c1-8-4-9(5-15)2-3-10(8)13-11(14)7-17-12(13)6-16/h2-4,6-7H,1H3. The van der Waals surface area contributed by atoms with Gasteiger partial charge in [-0.15, -0.1) is 11.3 Å². The predicted molar refractivity (Wildman–Crippen MR) is 72.3 cm³/mol. The fraction of sp³-hybridized carbons (Fsp3) is 0.0769. The lowest BCUT2D eigenvalue weighted by Gasteiger charge is -2.06. The molecule has 0 radical (unpaired) electrons. The van der Waals surface area contributed by atoms with E-state index in [9.17, 15) is 4.79 Å². The zero-order valence-electron chi connectivity index (χ0n) is 9.03. The Hall–Kier alpha value is -1.44. The topological polar surface area (TPSA) is 40.9 Å². The molecule has 0 saturated carbocycles. The van der Waals surface area contributed by atoms with Crippen LogP contribution in [0.15, 0.2) is 28.1 Å². The Morgan fingerprint density at radius 1 is 1.47 bits per heavy atom. The van der Waals surface area contributed by atoms with Gasteiger partial charge in [-0.05, 0) is 46.1 Å². The van der Waals surface area contributed by atoms with Gasteiger partial charge in [0.2, 0.25) is 0 Å². The molecule has 0 aliphatic rings. The number of aryl methyl sites for hydroxylation is 1. The number of hydrogen-bond donors (Lipinski definition) is 0. The summed E-state index contributed by atoms with van der Waals surface area (Å²) in [5.74, 6) is 0. The molecule has 2 aromatic rings. The van der Waals surface area contributed by atoms with Crippen LogP contribution in [0.5, 0.6) is 0 Å². The van der Waals surface area contributed by atoms with Crippen molar-refractivity contribution < 1.29 is 4.79 Å². The summed E-state index contributed by atoms with van der Waals surface area (Å²) in [6, 6.07) is 7.58. The second-order valence-electron chi connectivity index (χ2n) is 3.58. The molecule has 2 nitrogen and oxygen atoms in total. The number of thiophene rings is 1. The number of carbonyl (C=O) groups excluding carboxylic acids is 1. The van der Waals surface area contributed by atoms with E-state index in [1.807, 2.05) is 24.4 Å². The van der Waals surface area contributed by atoms with Crippen LogP contribution in [-0.4, -0.2) is 6.29 Å². The fourth-order valence-electron chi connectivity index (χ4n) is 1.71. The number of halogens is 1. The van der Waals surface area contributed by atoms with Gasteiger partial charge >= 0.3 is 0 Å². The molecule has 0 saturated heterocycles. The van der Waals surface area contributed by atoms with Gasteiger partial charge in [-0.25, -0.2) is 0 Å². The van der Waals surface area contributed by atoms with Crippen LogP contribution in [0.4, 0.5) is 0 Å². The number of nitriles is 1. The summed E-state index contributed by atoms with van der Waals surface area (Å²) in [5, 5.41) is 10.7. The van der Waals surface area contributed by atoms with Gasteiger partial charge in [0.05, 0.1) is 16.5 Å². The molecule has 1 aromatic heterocycles. The minimum Gasteiger partial charge on any atom is -0.297 e. The lowest BCUT2D eigenvalue weighted by molar-refractivity contribution is 0.112. The predicted octanol–water partition coefficient (Wildman–Crippen LogP) is 4.17. The molecule has 0 fully saturated rings. The normalized spacial score (nSPS) is 9.94. The first-order valence-electron chi connectivity index (χ1n) is 4.90. The molecular formula is C13H8BrNOS. The van der Waals surface area contributed by atoms with Crippen molar-refractivity contribution >= 4 is 33.6 Å². The highest BCUT2D eigenvalue weighted by molar-refractivity contribution is 9.10. The highest BCUT2D eigenvalue weighted by Crippen LogP contribution is 2.37. The maximum Gasteiger partial charge on any atom is 0.160 e. The van der Waals surface area contributed by atoms with Gasteiger partial charge in [0.25, 0.3) is 0 Å². The van der Waals surface area contributed by atoms with Crippen LogP contribution >= 0.6 is 27.3 Å². The first-order chi connectivity index (χ1) is 8.17. The third-order valence-corrected chi connectivity index (χ3v) is 4.34. The third kappa shape index (κ3) is 2.17. The van der Waals surface area contributed by atoms with Crippen molar-refractivity contribution in [3.63, 3.8) is 0 Å². The molecule has 0 aliphatic heterocycles. The molecule has 0 spiro atoms. The molecule has 1 heterocycles. The van der Waals surface area contributed by atoms with Gasteiger partial charge in [-0.1, -0.05) is 6.07 Å². The van der Waals surface area contributed by atoms with Crippen molar-refractivity contribution in [3.8, 4) is 17.2 Å². The van der Waals surface area contributed by atoms with Crippen molar-refractivity contribution in [1.82, 2.24) is 0 Å². The Balaban J connectivity index is 2.65. The van der Waals surface area contributed by atoms with Gasteiger partial charge in [0, 0.05) is 15.4 Å². The van der Waals surface area contributed by atoms with E-state index in [1.54, 1.807) is 6.07 Å². The number of rotatable bonds is 2. The van der Waals surface area contributed by atoms with Crippen LogP contribution < -0.4 is 0 Å². The van der Waals surface area contributed by atoms with E-state index in [1.165, 1.54) is 11.3 Å². The number of hydrogen-bond acceptors (Lipinski definition) is 3. The lowest BCUT2D eigenvalue weighted by atomic mass is 9.99. The van der Waals surface area contributed by atoms with Gasteiger partial charge in [0.1, 0.15) is 0 Å². The van der Waals surface area contributed by atoms with Gasteiger partial charge in [-0.2, -0.15) is 5.26 Å². The van der Waals surface area contributed by atoms with Crippen molar-refractivity contribution in [1.29, 1.82) is 5.26 Å². The summed E-state index contributed by atoms with van der Waals surface area (Å²) in [6.45, 7) is 1.94. The van der Waals surface area contributed by atoms with Crippen LogP contribution in [0.25, 0.3) is 11.1 Å². The highest BCUT2D eigenvalue weighted by atomic mass is 79.9. The summed E-state index contributed by atoms with van der Waals surface area (Å²) >= 11 is 4.86. The summed E-state index contributed by atoms with van der Waals surface area (Å²) < 4.78 is 0.914. The maximum absolute atomic E-state index is 11.0. The Bertz CT molecular complexity index is 625. The molecule has 0 amide bonds. The molecule has 1 aromatic carbocycles. The monoisotopic (exact) mass is 305 g/mol. The van der Waals surface area contributed by atoms with Gasteiger partial charge < -0.3 is 0 Å². The summed E-state index contributed by atoms with van der Waals surface area (Å²) in [4.78, 5) is 11.7. The molecule has 0 atom stereocenters. The van der Waals surface area contributed by atoms with E-state index in [0.29, 0.717) is 10.4 Å². The number of aldehydes is 1. The SMILES string of the molecule is Cc1cc(C#N)ccc1-c1c(Br)csc1C=O. The first-order valence-corrected chi connectivity index (χ1v) is 6.58. The van der Waals surface area contributed by atoms with Gasteiger partial charge in [0.15, 0.2) is 6.29 Å². The van der Waals surface area contributed by atoms with E-state index in [2.05, 4.69) is 22.0 Å². The van der Waals surface area contributed by atoms with Crippen LogP contribution in [0, 0.1) is 18.3 Å². The minimum absolute atomic E-state index is 0.630. The Morgan fingerprint density at radius 3 is 2.82 bits per heavy atom. The zero-order valence-corrected chi connectivity index (χ0v) is 11.4. The Labute approximate surface area is 112 Å². The van der Waals surface area contributed by atoms with Crippen LogP contribution in [-0.2, 0) is 0 Å². The van der Waals surface area contributed by atoms with Crippen molar-refractivity contribution in [2.24, 2.45) is 0 Å². The van der Waals surface area contributed by atoms with E-state index in [0.717, 1.165) is 27.4 Å². The van der Waals surface area contributed by atoms with Gasteiger partial charge in [-0.3, -0.25) is 4.79 Å². The molecule has 17 heavy (non-hydrogen) atoms. The van der Waals surface area contributed by atoms with E-state index in [-0.39, 0.29) is 0 Å². The van der Waals surface area contributed by atoms with E-state index < -0.39 is 0 Å². The average molecular weight is 306 g/mol. The molecular weight excluding hydrogens is 298 g/mol. The van der Waals surface area contributed by atoms with E-state index >= 15 is 0 Å². The largest absolute Gasteiger partial charge is 0.297 e. The number of nitrogens with zero attached hydrogens (tertiary/aromatic N) is 1. The van der Waals surface area contributed by atoms with Crippen molar-refractivity contribution in [3.05, 3.63) is 44.1 Å². The number of benzene rings is 1. The third-order valence-electron chi connectivity index (χ3n) is 2.51. The van der Waals surface area contributed by atoms with Crippen molar-refractivity contribution in [2.45, 2.75) is 6.92 Å². The van der Waals surface area contributed by atoms with Crippen molar-refractivity contribution in [2.75, 3.05) is 0 Å². The highest BCUT2D eigenvalue weighted by Gasteiger charge is 2.13. The quantitative estimate of drug-likeness (QED) is 0.781. The molecule has 0 unspecified atom stereocenters. The summed E-state index contributed by atoms with van der Waals surface area (Å²) in [7, 11) is 0. The average Bonchev–Trinajstić information content (AvgIpc) is 2.70. The first kappa shape index (κ1) is 12.0. The summed E-state index contributed by atoms with van der Waals surface area (Å²) in [6.07, 6.45) is 0.863. The Kier molecular flexibility index (Phi) is 3.41. The smallest absolute Gasteiger partial charge is 0.160 e. The minimum atomic E-state index is 0.630. The second kappa shape index (κ2) is 4.82. The lowest BCUT2D eigenvalue weighted by Crippen LogP contribution is -1.87. The number of carbonyl (C=O) groups is 1. The molecule has 0 N–H and O–H groups in total. The van der Waals surface area contributed by atoms with E-state index in [4.69, 9.17) is 5.26 Å². The zero-order chi connectivity index (χ0) is 12.4. The Morgan fingerprint density at radius 2 is 2.24 bits per heavy atom. The van der Waals surface area contributed by atoms with Crippen LogP contribution in [0.1, 0.15) is 20.8 Å². The van der Waals surface area contributed by atoms with Crippen LogP contribution in [0.2, 0.25) is 0 Å². The maximum atomic E-state index is 11.0. The summed E-state index contributed by atoms with van der Waals surface area (Å²) in [5.41, 5.74) is 3.52. The fourth-order valence-corrected chi connectivity index (χ4v) is 3.29. The molecule has 84 valence electrons.